The molecule has 0 fully saturated rings. The minimum absolute atomic E-state index is 0.0264. The zero-order valence-electron chi connectivity index (χ0n) is 19.5. The molecule has 0 bridgehead atoms. The number of hydrogen-bond donors (Lipinski definition) is 1. The van der Waals surface area contributed by atoms with E-state index in [9.17, 15) is 21.6 Å². The van der Waals surface area contributed by atoms with Crippen LogP contribution in [0.5, 0.6) is 5.75 Å². The van der Waals surface area contributed by atoms with Gasteiger partial charge < -0.3 is 10.1 Å². The van der Waals surface area contributed by atoms with Crippen LogP contribution in [0.25, 0.3) is 0 Å². The Bertz CT molecular complexity index is 1370. The topological polar surface area (TPSA) is 110 Å². The number of sulfonamides is 2. The molecule has 8 nitrogen and oxygen atoms in total. The van der Waals surface area contributed by atoms with Gasteiger partial charge in [-0.1, -0.05) is 68.8 Å². The molecular weight excluding hydrogens is 512 g/mol. The summed E-state index contributed by atoms with van der Waals surface area (Å²) in [5.74, 6) is -0.316. The van der Waals surface area contributed by atoms with Crippen molar-refractivity contribution in [3.05, 3.63) is 77.8 Å². The number of nitrogens with one attached hydrogen (secondary N) is 1. The predicted molar refractivity (Wildman–Crippen MR) is 136 cm³/mol. The van der Waals surface area contributed by atoms with Crippen molar-refractivity contribution in [3.8, 4) is 5.75 Å². The zero-order chi connectivity index (χ0) is 26.0. The number of anilines is 2. The fraction of sp³-hybridized carbons (Fsp3) is 0.208. The second-order valence-electron chi connectivity index (χ2n) is 8.54. The molecule has 0 heterocycles. The summed E-state index contributed by atoms with van der Waals surface area (Å²) in [5, 5.41) is 2.46. The monoisotopic (exact) mass is 536 g/mol. The van der Waals surface area contributed by atoms with E-state index < -0.39 is 25.5 Å². The average Bonchev–Trinajstić information content (AvgIpc) is 2.81. The molecular formula is C24H25ClN2O6S2. The van der Waals surface area contributed by atoms with Gasteiger partial charge in [-0.3, -0.25) is 4.79 Å². The molecule has 0 aliphatic heterocycles. The molecule has 1 amide bonds. The smallest absolute Gasteiger partial charge is 0.277 e. The van der Waals surface area contributed by atoms with Gasteiger partial charge in [-0.2, -0.15) is 3.71 Å². The molecule has 0 saturated carbocycles. The third-order valence-electron chi connectivity index (χ3n) is 4.91. The standard InChI is InChI=1S/C24H25ClN2O6S2/c1-24(2,3)23(28)26-20-15-19(25)21(16-22(20)33-4)27(34(29,30)17-11-7-5-8-12-17)35(31,32)18-13-9-6-10-14-18/h5-16H,1-4H3,(H,26,28). The molecule has 3 rings (SSSR count). The third kappa shape index (κ3) is 5.44. The van der Waals surface area contributed by atoms with E-state index in [4.69, 9.17) is 16.3 Å². The van der Waals surface area contributed by atoms with E-state index in [0.29, 0.717) is 0 Å². The van der Waals surface area contributed by atoms with Crippen molar-refractivity contribution in [2.24, 2.45) is 5.41 Å². The predicted octanol–water partition coefficient (Wildman–Crippen LogP) is 4.92. The lowest BCUT2D eigenvalue weighted by Gasteiger charge is -2.26. The van der Waals surface area contributed by atoms with E-state index in [1.165, 1.54) is 67.8 Å². The molecule has 1 N–H and O–H groups in total. The normalized spacial score (nSPS) is 12.1. The summed E-state index contributed by atoms with van der Waals surface area (Å²) in [4.78, 5) is 12.0. The molecule has 0 atom stereocenters. The number of halogens is 1. The highest BCUT2D eigenvalue weighted by Crippen LogP contribution is 2.41. The summed E-state index contributed by atoms with van der Waals surface area (Å²) in [5.41, 5.74) is -0.935. The summed E-state index contributed by atoms with van der Waals surface area (Å²) in [6, 6.07) is 16.7. The Hall–Kier alpha value is -3.08. The number of carbonyl (C=O) groups is 1. The van der Waals surface area contributed by atoms with E-state index in [2.05, 4.69) is 5.32 Å². The first-order valence-corrected chi connectivity index (χ1v) is 13.7. The van der Waals surface area contributed by atoms with Crippen molar-refractivity contribution in [3.63, 3.8) is 0 Å². The number of ether oxygens (including phenoxy) is 1. The number of hydrogen-bond acceptors (Lipinski definition) is 6. The van der Waals surface area contributed by atoms with Gasteiger partial charge in [-0.15, -0.1) is 0 Å². The fourth-order valence-electron chi connectivity index (χ4n) is 3.02. The molecule has 0 radical (unpaired) electrons. The van der Waals surface area contributed by atoms with Gasteiger partial charge in [0, 0.05) is 11.5 Å². The van der Waals surface area contributed by atoms with Gasteiger partial charge in [0.2, 0.25) is 5.91 Å². The fourth-order valence-corrected chi connectivity index (χ4v) is 7.13. The average molecular weight is 537 g/mol. The number of carbonyl (C=O) groups excluding carboxylic acids is 1. The van der Waals surface area contributed by atoms with Gasteiger partial charge >= 0.3 is 0 Å². The Labute approximate surface area is 210 Å². The van der Waals surface area contributed by atoms with Crippen LogP contribution in [0.4, 0.5) is 11.4 Å². The lowest BCUT2D eigenvalue weighted by atomic mass is 9.95. The van der Waals surface area contributed by atoms with Gasteiger partial charge in [0.1, 0.15) is 5.75 Å². The molecule has 0 saturated heterocycles. The van der Waals surface area contributed by atoms with Gasteiger partial charge in [0.05, 0.1) is 33.3 Å². The van der Waals surface area contributed by atoms with Crippen LogP contribution in [0.1, 0.15) is 20.8 Å². The van der Waals surface area contributed by atoms with Crippen molar-refractivity contribution in [1.82, 2.24) is 0 Å². The maximum atomic E-state index is 13.7. The minimum atomic E-state index is -4.65. The highest BCUT2D eigenvalue weighted by Gasteiger charge is 2.39. The summed E-state index contributed by atoms with van der Waals surface area (Å²) in [6.45, 7) is 5.14. The van der Waals surface area contributed by atoms with Crippen molar-refractivity contribution in [2.45, 2.75) is 30.6 Å². The lowest BCUT2D eigenvalue weighted by molar-refractivity contribution is -0.123. The number of methoxy groups -OCH3 is 1. The first kappa shape index (κ1) is 26.5. The highest BCUT2D eigenvalue weighted by atomic mass is 35.5. The quantitative estimate of drug-likeness (QED) is 0.459. The van der Waals surface area contributed by atoms with Gasteiger partial charge in [0.25, 0.3) is 20.0 Å². The first-order chi connectivity index (χ1) is 16.3. The van der Waals surface area contributed by atoms with Crippen LogP contribution in [0.2, 0.25) is 5.02 Å². The van der Waals surface area contributed by atoms with Crippen LogP contribution >= 0.6 is 11.6 Å². The largest absolute Gasteiger partial charge is 0.494 e. The number of nitrogens with zero attached hydrogens (tertiary/aromatic N) is 1. The van der Waals surface area contributed by atoms with Crippen molar-refractivity contribution in [2.75, 3.05) is 16.1 Å². The highest BCUT2D eigenvalue weighted by molar-refractivity contribution is 8.10. The molecule has 0 aliphatic carbocycles. The van der Waals surface area contributed by atoms with Crippen LogP contribution < -0.4 is 13.8 Å². The van der Waals surface area contributed by atoms with E-state index >= 15 is 0 Å². The summed E-state index contributed by atoms with van der Waals surface area (Å²) in [6.07, 6.45) is 0. The molecule has 0 aliphatic rings. The van der Waals surface area contributed by atoms with E-state index in [-0.39, 0.29) is 41.6 Å². The summed E-state index contributed by atoms with van der Waals surface area (Å²) in [7, 11) is -7.99. The van der Waals surface area contributed by atoms with Gasteiger partial charge in [-0.05, 0) is 30.3 Å². The maximum absolute atomic E-state index is 13.7. The van der Waals surface area contributed by atoms with Crippen LogP contribution in [0.3, 0.4) is 0 Å². The molecule has 0 aromatic heterocycles. The molecule has 0 spiro atoms. The van der Waals surface area contributed by atoms with E-state index in [0.717, 1.165) is 0 Å². The third-order valence-corrected chi connectivity index (χ3v) is 9.40. The molecule has 3 aromatic rings. The summed E-state index contributed by atoms with van der Waals surface area (Å²) >= 11 is 6.46. The Morgan fingerprint density at radius 2 is 1.31 bits per heavy atom. The van der Waals surface area contributed by atoms with Crippen molar-refractivity contribution in [1.29, 1.82) is 0 Å². The Morgan fingerprint density at radius 1 is 0.857 bits per heavy atom. The van der Waals surface area contributed by atoms with Crippen LogP contribution in [0, 0.1) is 5.41 Å². The second-order valence-corrected chi connectivity index (χ2v) is 12.8. The van der Waals surface area contributed by atoms with Gasteiger partial charge in [-0.25, -0.2) is 16.8 Å². The van der Waals surface area contributed by atoms with Crippen LogP contribution in [-0.2, 0) is 24.8 Å². The summed E-state index contributed by atoms with van der Waals surface area (Å²) < 4.78 is 60.3. The van der Waals surface area contributed by atoms with E-state index in [1.54, 1.807) is 32.9 Å². The van der Waals surface area contributed by atoms with E-state index in [1.807, 2.05) is 0 Å². The maximum Gasteiger partial charge on any atom is 0.277 e. The zero-order valence-corrected chi connectivity index (χ0v) is 21.9. The SMILES string of the molecule is COc1cc(N(S(=O)(=O)c2ccccc2)S(=O)(=O)c2ccccc2)c(Cl)cc1NC(=O)C(C)(C)C. The van der Waals surface area contributed by atoms with Crippen LogP contribution in [0.15, 0.2) is 82.6 Å². The number of benzene rings is 3. The molecule has 35 heavy (non-hydrogen) atoms. The van der Waals surface area contributed by atoms with Crippen LogP contribution in [-0.4, -0.2) is 29.9 Å². The number of rotatable bonds is 7. The molecule has 0 unspecified atom stereocenters. The first-order valence-electron chi connectivity index (χ1n) is 10.4. The second kappa shape index (κ2) is 9.88. The Morgan fingerprint density at radius 3 is 1.71 bits per heavy atom. The van der Waals surface area contributed by atoms with Crippen molar-refractivity contribution >= 4 is 48.9 Å². The molecule has 11 heteroatoms. The minimum Gasteiger partial charge on any atom is -0.494 e. The Balaban J connectivity index is 2.28. The van der Waals surface area contributed by atoms with Crippen molar-refractivity contribution < 1.29 is 26.4 Å². The number of amides is 1. The Kier molecular flexibility index (Phi) is 7.49. The molecule has 3 aromatic carbocycles. The lowest BCUT2D eigenvalue weighted by Crippen LogP contribution is -2.37. The van der Waals surface area contributed by atoms with Gasteiger partial charge in [0.15, 0.2) is 0 Å². The molecule has 186 valence electrons.